The molecule has 0 radical (unpaired) electrons. The summed E-state index contributed by atoms with van der Waals surface area (Å²) in [7, 11) is 0. The molecule has 10 nitrogen and oxygen atoms in total. The summed E-state index contributed by atoms with van der Waals surface area (Å²) in [4.78, 5) is 51.4. The molecule has 4 amide bonds. The molecule has 0 aliphatic heterocycles. The van der Waals surface area contributed by atoms with Crippen molar-refractivity contribution in [2.24, 2.45) is 5.92 Å². The van der Waals surface area contributed by atoms with Gasteiger partial charge in [0.1, 0.15) is 11.5 Å². The first kappa shape index (κ1) is 36.1. The molecule has 0 heterocycles. The summed E-state index contributed by atoms with van der Waals surface area (Å²) in [6.07, 6.45) is 11.6. The summed E-state index contributed by atoms with van der Waals surface area (Å²) in [5.74, 6) is -3.62. The number of rotatable bonds is 18. The van der Waals surface area contributed by atoms with E-state index < -0.39 is 29.5 Å². The van der Waals surface area contributed by atoms with Gasteiger partial charge >= 0.3 is 0 Å². The quantitative estimate of drug-likeness (QED) is 0.0930. The molecular weight excluding hydrogens is 560 g/mol. The van der Waals surface area contributed by atoms with Gasteiger partial charge in [0.15, 0.2) is 0 Å². The Balaban J connectivity index is 2.01. The smallest absolute Gasteiger partial charge is 0.273 e. The van der Waals surface area contributed by atoms with E-state index in [9.17, 15) is 29.4 Å². The summed E-state index contributed by atoms with van der Waals surface area (Å²) in [6.45, 7) is 6.27. The molecule has 242 valence electrons. The van der Waals surface area contributed by atoms with Crippen LogP contribution in [0.5, 0.6) is 11.5 Å². The maximum Gasteiger partial charge on any atom is 0.273 e. The maximum atomic E-state index is 13.1. The Kier molecular flexibility index (Phi) is 16.4. The topological polar surface area (TPSA) is 157 Å². The van der Waals surface area contributed by atoms with Gasteiger partial charge in [-0.05, 0) is 67.5 Å². The van der Waals surface area contributed by atoms with Crippen molar-refractivity contribution in [1.82, 2.24) is 21.7 Å². The van der Waals surface area contributed by atoms with Gasteiger partial charge in [0.25, 0.3) is 11.8 Å². The van der Waals surface area contributed by atoms with E-state index in [1.54, 1.807) is 24.3 Å². The highest BCUT2D eigenvalue weighted by Crippen LogP contribution is 2.21. The van der Waals surface area contributed by atoms with Crippen LogP contribution in [0.15, 0.2) is 36.4 Å². The van der Waals surface area contributed by atoms with Crippen LogP contribution in [0.3, 0.4) is 0 Å². The van der Waals surface area contributed by atoms with Crippen molar-refractivity contribution >= 4 is 23.6 Å². The number of benzene rings is 2. The Morgan fingerprint density at radius 1 is 0.614 bits per heavy atom. The third kappa shape index (κ3) is 12.7. The Bertz CT molecular complexity index is 1230. The van der Waals surface area contributed by atoms with E-state index in [0.29, 0.717) is 12.8 Å². The van der Waals surface area contributed by atoms with E-state index in [0.717, 1.165) is 81.8 Å². The van der Waals surface area contributed by atoms with Gasteiger partial charge in [-0.2, -0.15) is 0 Å². The standard InChI is InChI=1S/C34H50N4O6/c1-4-7-10-11-12-13-16-26(32(42)36-38-34(44)28-22-25(15-9-6-3)18-20-30(28)40)23-31(41)35-37-33(43)27-21-24(14-8-5-2)17-19-29(27)39/h17-22,26,39-40H,4-16,23H2,1-3H3,(H,35,41)(H,36,42)(H,37,43)(H,38,44). The van der Waals surface area contributed by atoms with Gasteiger partial charge < -0.3 is 10.2 Å². The highest BCUT2D eigenvalue weighted by molar-refractivity contribution is 5.99. The molecule has 0 aromatic heterocycles. The van der Waals surface area contributed by atoms with E-state index in [1.165, 1.54) is 12.1 Å². The molecule has 0 fully saturated rings. The first-order chi connectivity index (χ1) is 21.2. The summed E-state index contributed by atoms with van der Waals surface area (Å²) in [5, 5.41) is 20.4. The van der Waals surface area contributed by atoms with Crippen LogP contribution < -0.4 is 21.7 Å². The molecule has 0 spiro atoms. The zero-order valence-electron chi connectivity index (χ0n) is 26.5. The highest BCUT2D eigenvalue weighted by atomic mass is 16.3. The predicted molar refractivity (Wildman–Crippen MR) is 171 cm³/mol. The number of hydrogen-bond acceptors (Lipinski definition) is 6. The molecule has 2 aromatic rings. The van der Waals surface area contributed by atoms with Gasteiger partial charge in [0.05, 0.1) is 11.1 Å². The zero-order chi connectivity index (χ0) is 32.3. The van der Waals surface area contributed by atoms with Crippen LogP contribution in [0.1, 0.15) is 130 Å². The Morgan fingerprint density at radius 3 is 1.61 bits per heavy atom. The number of aryl methyl sites for hydroxylation is 2. The lowest BCUT2D eigenvalue weighted by molar-refractivity contribution is -0.131. The molecule has 0 aliphatic rings. The number of amides is 4. The lowest BCUT2D eigenvalue weighted by Crippen LogP contribution is -2.47. The number of phenols is 2. The monoisotopic (exact) mass is 610 g/mol. The van der Waals surface area contributed by atoms with E-state index >= 15 is 0 Å². The molecule has 2 aromatic carbocycles. The van der Waals surface area contributed by atoms with Crippen molar-refractivity contribution in [1.29, 1.82) is 0 Å². The van der Waals surface area contributed by atoms with Gasteiger partial charge in [-0.1, -0.05) is 84.3 Å². The fourth-order valence-corrected chi connectivity index (χ4v) is 4.86. The number of carbonyl (C=O) groups is 4. The summed E-state index contributed by atoms with van der Waals surface area (Å²) in [5.41, 5.74) is 11.3. The van der Waals surface area contributed by atoms with Gasteiger partial charge in [-0.25, -0.2) is 0 Å². The van der Waals surface area contributed by atoms with Gasteiger partial charge in [-0.15, -0.1) is 0 Å². The molecule has 0 bridgehead atoms. The lowest BCUT2D eigenvalue weighted by atomic mass is 9.96. The number of aromatic hydroxyl groups is 2. The molecule has 2 rings (SSSR count). The van der Waals surface area contributed by atoms with E-state index in [2.05, 4.69) is 42.5 Å². The zero-order valence-corrected chi connectivity index (χ0v) is 26.5. The minimum absolute atomic E-state index is 0.0463. The average molecular weight is 611 g/mol. The van der Waals surface area contributed by atoms with Crippen LogP contribution >= 0.6 is 0 Å². The Hall–Kier alpha value is -4.08. The average Bonchev–Trinajstić information content (AvgIpc) is 3.02. The molecule has 6 N–H and O–H groups in total. The fourth-order valence-electron chi connectivity index (χ4n) is 4.86. The molecular formula is C34H50N4O6. The van der Waals surface area contributed by atoms with Crippen LogP contribution in [-0.2, 0) is 22.4 Å². The van der Waals surface area contributed by atoms with Gasteiger partial charge in [0, 0.05) is 12.3 Å². The number of phenolic OH excluding ortho intramolecular Hbond substituents is 2. The van der Waals surface area contributed by atoms with Crippen LogP contribution in [0.2, 0.25) is 0 Å². The van der Waals surface area contributed by atoms with Crippen molar-refractivity contribution in [3.63, 3.8) is 0 Å². The van der Waals surface area contributed by atoms with Crippen LogP contribution in [0.4, 0.5) is 0 Å². The Morgan fingerprint density at radius 2 is 1.09 bits per heavy atom. The molecule has 1 atom stereocenters. The fraction of sp³-hybridized carbons (Fsp3) is 0.529. The second kappa shape index (κ2) is 20.0. The van der Waals surface area contributed by atoms with E-state index in [4.69, 9.17) is 0 Å². The molecule has 0 saturated carbocycles. The molecule has 0 saturated heterocycles. The second-order valence-corrected chi connectivity index (χ2v) is 11.3. The minimum atomic E-state index is -0.770. The SMILES string of the molecule is CCCCCCCCC(CC(=O)NNC(=O)c1cc(CCCC)ccc1O)C(=O)NNC(=O)c1cc(CCCC)ccc1O. The van der Waals surface area contributed by atoms with Crippen molar-refractivity contribution < 1.29 is 29.4 Å². The molecule has 44 heavy (non-hydrogen) atoms. The van der Waals surface area contributed by atoms with Crippen LogP contribution in [0, 0.1) is 5.92 Å². The first-order valence-electron chi connectivity index (χ1n) is 16.0. The minimum Gasteiger partial charge on any atom is -0.507 e. The normalized spacial score (nSPS) is 11.4. The van der Waals surface area contributed by atoms with Crippen molar-refractivity contribution in [3.05, 3.63) is 58.7 Å². The number of hydrogen-bond donors (Lipinski definition) is 6. The molecule has 10 heteroatoms. The number of carbonyl (C=O) groups excluding carboxylic acids is 4. The first-order valence-corrected chi connectivity index (χ1v) is 16.0. The molecule has 1 unspecified atom stereocenters. The third-order valence-electron chi connectivity index (χ3n) is 7.57. The van der Waals surface area contributed by atoms with Crippen LogP contribution in [0.25, 0.3) is 0 Å². The largest absolute Gasteiger partial charge is 0.507 e. The Labute approximate surface area is 261 Å². The van der Waals surface area contributed by atoms with Crippen molar-refractivity contribution in [3.8, 4) is 11.5 Å². The number of hydrazine groups is 2. The summed E-state index contributed by atoms with van der Waals surface area (Å²) < 4.78 is 0. The van der Waals surface area contributed by atoms with Gasteiger partial charge in [0.2, 0.25) is 11.8 Å². The summed E-state index contributed by atoms with van der Waals surface area (Å²) in [6, 6.07) is 9.64. The third-order valence-corrected chi connectivity index (χ3v) is 7.57. The van der Waals surface area contributed by atoms with E-state index in [1.807, 2.05) is 0 Å². The molecule has 0 aliphatic carbocycles. The number of unbranched alkanes of at least 4 members (excludes halogenated alkanes) is 7. The van der Waals surface area contributed by atoms with Crippen molar-refractivity contribution in [2.45, 2.75) is 111 Å². The van der Waals surface area contributed by atoms with E-state index in [-0.39, 0.29) is 29.0 Å². The van der Waals surface area contributed by atoms with Gasteiger partial charge in [-0.3, -0.25) is 40.9 Å². The number of nitrogens with one attached hydrogen (secondary N) is 4. The highest BCUT2D eigenvalue weighted by Gasteiger charge is 2.24. The predicted octanol–water partition coefficient (Wildman–Crippen LogP) is 5.76. The summed E-state index contributed by atoms with van der Waals surface area (Å²) >= 11 is 0. The second-order valence-electron chi connectivity index (χ2n) is 11.3. The van der Waals surface area contributed by atoms with Crippen LogP contribution in [-0.4, -0.2) is 33.8 Å². The lowest BCUT2D eigenvalue weighted by Gasteiger charge is -2.18. The van der Waals surface area contributed by atoms with Crippen molar-refractivity contribution in [2.75, 3.05) is 0 Å². The maximum absolute atomic E-state index is 13.1.